The van der Waals surface area contributed by atoms with E-state index >= 15 is 0 Å². The lowest BCUT2D eigenvalue weighted by atomic mass is 10.0. The summed E-state index contributed by atoms with van der Waals surface area (Å²) in [6.45, 7) is 3.59. The molecular weight excluding hydrogens is 257 g/mol. The van der Waals surface area contributed by atoms with Crippen LogP contribution in [0.5, 0.6) is 0 Å². The van der Waals surface area contributed by atoms with Crippen molar-refractivity contribution in [2.75, 3.05) is 19.4 Å². The number of nitrogens with one attached hydrogen (secondary N) is 1. The van der Waals surface area contributed by atoms with Crippen LogP contribution in [-0.4, -0.2) is 30.9 Å². The molecule has 0 aromatic heterocycles. The quantitative estimate of drug-likeness (QED) is 0.917. The summed E-state index contributed by atoms with van der Waals surface area (Å²) >= 11 is 0. The highest BCUT2D eigenvalue weighted by Gasteiger charge is 2.35. The van der Waals surface area contributed by atoms with Crippen molar-refractivity contribution in [1.82, 2.24) is 4.90 Å². The van der Waals surface area contributed by atoms with Crippen LogP contribution in [0.25, 0.3) is 0 Å². The van der Waals surface area contributed by atoms with Gasteiger partial charge in [-0.05, 0) is 26.0 Å². The number of amides is 1. The number of hydrogen-bond donors (Lipinski definition) is 1. The lowest BCUT2D eigenvalue weighted by Gasteiger charge is -2.24. The third-order valence-corrected chi connectivity index (χ3v) is 2.95. The fourth-order valence-electron chi connectivity index (χ4n) is 1.66. The average molecular weight is 274 g/mol. The molecule has 19 heavy (non-hydrogen) atoms. The highest BCUT2D eigenvalue weighted by atomic mass is 19.4. The molecule has 0 fully saturated rings. The first-order valence-electron chi connectivity index (χ1n) is 5.85. The highest BCUT2D eigenvalue weighted by molar-refractivity contribution is 6.00. The van der Waals surface area contributed by atoms with Gasteiger partial charge in [-0.3, -0.25) is 4.79 Å². The van der Waals surface area contributed by atoms with E-state index in [4.69, 9.17) is 0 Å². The van der Waals surface area contributed by atoms with E-state index in [0.29, 0.717) is 0 Å². The number of nitrogens with zero attached hydrogens (tertiary/aromatic N) is 1. The Morgan fingerprint density at radius 2 is 1.89 bits per heavy atom. The lowest BCUT2D eigenvalue weighted by Crippen LogP contribution is -2.33. The highest BCUT2D eigenvalue weighted by Crippen LogP contribution is 2.36. The number of para-hydroxylation sites is 1. The third-order valence-electron chi connectivity index (χ3n) is 2.95. The first kappa shape index (κ1) is 15.3. The standard InChI is InChI=1S/C13H17F3N2O/c1-8(2)18(4)12(19)9-6-5-7-10(11(9)17-3)13(14,15)16/h5-8,17H,1-4H3. The molecule has 1 N–H and O–H groups in total. The summed E-state index contributed by atoms with van der Waals surface area (Å²) in [5, 5.41) is 2.48. The molecular formula is C13H17F3N2O. The van der Waals surface area contributed by atoms with Crippen LogP contribution >= 0.6 is 0 Å². The van der Waals surface area contributed by atoms with Crippen molar-refractivity contribution in [2.45, 2.75) is 26.1 Å². The van der Waals surface area contributed by atoms with Gasteiger partial charge in [0, 0.05) is 20.1 Å². The van der Waals surface area contributed by atoms with Crippen LogP contribution in [-0.2, 0) is 6.18 Å². The zero-order valence-corrected chi connectivity index (χ0v) is 11.3. The molecule has 1 rings (SSSR count). The van der Waals surface area contributed by atoms with Crippen LogP contribution < -0.4 is 5.32 Å². The van der Waals surface area contributed by atoms with Gasteiger partial charge in [-0.1, -0.05) is 6.07 Å². The van der Waals surface area contributed by atoms with Gasteiger partial charge in [-0.25, -0.2) is 0 Å². The summed E-state index contributed by atoms with van der Waals surface area (Å²) in [4.78, 5) is 13.6. The number of anilines is 1. The van der Waals surface area contributed by atoms with Crippen molar-refractivity contribution in [3.05, 3.63) is 29.3 Å². The molecule has 0 saturated heterocycles. The van der Waals surface area contributed by atoms with Gasteiger partial charge in [0.2, 0.25) is 0 Å². The number of carbonyl (C=O) groups is 1. The van der Waals surface area contributed by atoms with Crippen molar-refractivity contribution in [3.8, 4) is 0 Å². The molecule has 1 aromatic carbocycles. The smallest absolute Gasteiger partial charge is 0.387 e. The number of alkyl halides is 3. The van der Waals surface area contributed by atoms with Crippen LogP contribution in [0.15, 0.2) is 18.2 Å². The molecule has 106 valence electrons. The van der Waals surface area contributed by atoms with Crippen LogP contribution in [0.3, 0.4) is 0 Å². The maximum absolute atomic E-state index is 12.9. The Kier molecular flexibility index (Phi) is 4.44. The van der Waals surface area contributed by atoms with Crippen LogP contribution in [0.4, 0.5) is 18.9 Å². The second kappa shape index (κ2) is 5.50. The van der Waals surface area contributed by atoms with E-state index < -0.39 is 17.6 Å². The second-order valence-corrected chi connectivity index (χ2v) is 4.49. The summed E-state index contributed by atoms with van der Waals surface area (Å²) in [5.41, 5.74) is -1.00. The fraction of sp³-hybridized carbons (Fsp3) is 0.462. The van der Waals surface area contributed by atoms with Gasteiger partial charge in [-0.2, -0.15) is 13.2 Å². The predicted molar refractivity (Wildman–Crippen MR) is 68.2 cm³/mol. The summed E-state index contributed by atoms with van der Waals surface area (Å²) in [6.07, 6.45) is -4.50. The van der Waals surface area contributed by atoms with E-state index in [0.717, 1.165) is 6.07 Å². The van der Waals surface area contributed by atoms with Gasteiger partial charge < -0.3 is 10.2 Å². The zero-order valence-electron chi connectivity index (χ0n) is 11.3. The summed E-state index contributed by atoms with van der Waals surface area (Å²) < 4.78 is 38.6. The van der Waals surface area contributed by atoms with E-state index in [-0.39, 0.29) is 17.3 Å². The van der Waals surface area contributed by atoms with Crippen molar-refractivity contribution in [2.24, 2.45) is 0 Å². The van der Waals surface area contributed by atoms with Gasteiger partial charge in [-0.15, -0.1) is 0 Å². The Bertz CT molecular complexity index is 469. The number of halogens is 3. The molecule has 0 saturated carbocycles. The SMILES string of the molecule is CNc1c(C(=O)N(C)C(C)C)cccc1C(F)(F)F. The predicted octanol–water partition coefficient (Wildman–Crippen LogP) is 3.23. The molecule has 0 atom stereocenters. The molecule has 0 radical (unpaired) electrons. The molecule has 0 bridgehead atoms. The molecule has 0 aliphatic carbocycles. The van der Waals surface area contributed by atoms with Crippen molar-refractivity contribution >= 4 is 11.6 Å². The van der Waals surface area contributed by atoms with Crippen LogP contribution in [0.1, 0.15) is 29.8 Å². The Labute approximate surface area is 110 Å². The monoisotopic (exact) mass is 274 g/mol. The number of hydrogen-bond acceptors (Lipinski definition) is 2. The first-order valence-corrected chi connectivity index (χ1v) is 5.85. The number of rotatable bonds is 3. The molecule has 0 spiro atoms. The van der Waals surface area contributed by atoms with E-state index in [9.17, 15) is 18.0 Å². The minimum absolute atomic E-state index is 0.0218. The van der Waals surface area contributed by atoms with E-state index in [1.54, 1.807) is 20.9 Å². The zero-order chi connectivity index (χ0) is 14.8. The van der Waals surface area contributed by atoms with Crippen LogP contribution in [0, 0.1) is 0 Å². The Hall–Kier alpha value is -1.72. The second-order valence-electron chi connectivity index (χ2n) is 4.49. The topological polar surface area (TPSA) is 32.3 Å². The van der Waals surface area contributed by atoms with E-state index in [1.165, 1.54) is 24.1 Å². The number of carbonyl (C=O) groups excluding carboxylic acids is 1. The maximum atomic E-state index is 12.9. The largest absolute Gasteiger partial charge is 0.418 e. The number of benzene rings is 1. The molecule has 1 aromatic rings. The van der Waals surface area contributed by atoms with Gasteiger partial charge in [0.05, 0.1) is 16.8 Å². The third kappa shape index (κ3) is 3.19. The summed E-state index contributed by atoms with van der Waals surface area (Å²) in [5.74, 6) is -0.439. The maximum Gasteiger partial charge on any atom is 0.418 e. The summed E-state index contributed by atoms with van der Waals surface area (Å²) in [7, 11) is 2.93. The lowest BCUT2D eigenvalue weighted by molar-refractivity contribution is -0.136. The first-order chi connectivity index (χ1) is 8.70. The van der Waals surface area contributed by atoms with Crippen molar-refractivity contribution in [3.63, 3.8) is 0 Å². The molecule has 0 aliphatic rings. The minimum Gasteiger partial charge on any atom is -0.387 e. The average Bonchev–Trinajstić information content (AvgIpc) is 2.34. The Balaban J connectivity index is 3.34. The van der Waals surface area contributed by atoms with Crippen LogP contribution in [0.2, 0.25) is 0 Å². The van der Waals surface area contributed by atoms with Gasteiger partial charge in [0.15, 0.2) is 0 Å². The van der Waals surface area contributed by atoms with E-state index in [2.05, 4.69) is 5.32 Å². The summed E-state index contributed by atoms with van der Waals surface area (Å²) in [6, 6.07) is 3.50. The van der Waals surface area contributed by atoms with Crippen molar-refractivity contribution < 1.29 is 18.0 Å². The molecule has 6 heteroatoms. The van der Waals surface area contributed by atoms with E-state index in [1.807, 2.05) is 0 Å². The molecule has 0 aliphatic heterocycles. The Morgan fingerprint density at radius 1 is 1.32 bits per heavy atom. The molecule has 3 nitrogen and oxygen atoms in total. The molecule has 1 amide bonds. The fourth-order valence-corrected chi connectivity index (χ4v) is 1.66. The molecule has 0 unspecified atom stereocenters. The normalized spacial score (nSPS) is 11.6. The minimum atomic E-state index is -4.50. The van der Waals surface area contributed by atoms with Gasteiger partial charge in [0.25, 0.3) is 5.91 Å². The van der Waals surface area contributed by atoms with Crippen molar-refractivity contribution in [1.29, 1.82) is 0 Å². The Morgan fingerprint density at radius 3 is 2.32 bits per heavy atom. The van der Waals surface area contributed by atoms with Gasteiger partial charge >= 0.3 is 6.18 Å². The molecule has 0 heterocycles. The van der Waals surface area contributed by atoms with Gasteiger partial charge in [0.1, 0.15) is 0 Å².